The third-order valence-electron chi connectivity index (χ3n) is 16.2. The van der Waals surface area contributed by atoms with Gasteiger partial charge in [-0.25, -0.2) is 0 Å². The summed E-state index contributed by atoms with van der Waals surface area (Å²) in [4.78, 5) is 0. The molecule has 2 unspecified atom stereocenters. The molecule has 4 fully saturated rings. The first-order valence-electron chi connectivity index (χ1n) is 29.4. The third-order valence-corrected chi connectivity index (χ3v) is 32.2. The minimum absolute atomic E-state index is 0.0695. The van der Waals surface area contributed by atoms with E-state index in [1.54, 1.807) is 44.5 Å². The Balaban J connectivity index is 0.000000199. The number of halogens is 6. The molecule has 8 atom stereocenters. The van der Waals surface area contributed by atoms with Crippen LogP contribution in [-0.4, -0.2) is 92.4 Å². The van der Waals surface area contributed by atoms with E-state index in [0.29, 0.717) is 20.6 Å². The van der Waals surface area contributed by atoms with Gasteiger partial charge >= 0.3 is 83.1 Å². The summed E-state index contributed by atoms with van der Waals surface area (Å²) in [5.41, 5.74) is 16.3. The van der Waals surface area contributed by atoms with Gasteiger partial charge in [0.1, 0.15) is 64.2 Å². The standard InChI is InChI=1S/2C24H32P2.4C4H8O.6ClH.2Cr/c2*1-23(2,3)25-15-17-11-7-9-13-19(17)21(25)22-20-14-10-8-12-18(20)16-26(22)24(4,5)6;4*1-2-4-5-3-1;;;;;;;;/h2*7-14,21-22H,15-16H2,1-6H3;4*1-4H2;6*1H;;/q;;;;;;;;;;;;2*+3/t21-,22-,25?,26?;21-,22-,25+,26+;;;;;;;;;;;;/m11............/s1. The van der Waals surface area contributed by atoms with Crippen LogP contribution in [0.3, 0.4) is 0 Å². The molecule has 80 heavy (non-hydrogen) atoms. The number of fused-ring (bicyclic) bond motifs is 4. The first-order valence-corrected chi connectivity index (χ1v) is 46.7. The summed E-state index contributed by atoms with van der Waals surface area (Å²) in [6.45, 7) is 38.9. The molecule has 0 amide bonds. The SMILES string of the molecule is C1CC[OH+]C1.C1CC[OH+]C1.C1CC[OH+]C1.C1CC[OH+]C1.CC(C)(C)[P@@]1Cc2ccccc2[C@@H]1[C@H]1c2ccccc2C[P@]1C(C)(C)C.CC(C)(C)[PH+]1Cc2ccccc2[C@@H]1[C@H]1c2ccccc2C[PH+]1C(C)(C)C.[Cl][Cr]([Cl])[Cl].[Cl][Cr]([Cl])[Cl]. The summed E-state index contributed by atoms with van der Waals surface area (Å²) in [6, 6.07) is 37.5. The van der Waals surface area contributed by atoms with Gasteiger partial charge in [-0.05, 0) is 97.6 Å². The topological polar surface area (TPSA) is 51.2 Å². The van der Waals surface area contributed by atoms with Crippen molar-refractivity contribution in [1.82, 2.24) is 0 Å². The number of rotatable bonds is 2. The predicted octanol–water partition coefficient (Wildman–Crippen LogP) is 20.9. The third kappa shape index (κ3) is 23.0. The molecule has 4 saturated heterocycles. The fourth-order valence-corrected chi connectivity index (χ4v) is 28.3. The van der Waals surface area contributed by atoms with Crippen molar-refractivity contribution in [1.29, 1.82) is 0 Å². The van der Waals surface area contributed by atoms with Crippen molar-refractivity contribution in [3.05, 3.63) is 142 Å². The van der Waals surface area contributed by atoms with E-state index in [0.717, 1.165) is 75.5 Å². The fraction of sp³-hybridized carbons (Fsp3) is 0.625. The average molecular weight is 1380 g/mol. The number of aliphatic hydroxyl groups is 8. The van der Waals surface area contributed by atoms with E-state index in [1.807, 2.05) is 0 Å². The van der Waals surface area contributed by atoms with E-state index < -0.39 is 38.6 Å². The minimum atomic E-state index is -1.62. The van der Waals surface area contributed by atoms with E-state index in [-0.39, 0.29) is 15.8 Å². The molecule has 12 rings (SSSR count). The molecule has 4 nitrogen and oxygen atoms in total. The van der Waals surface area contributed by atoms with E-state index in [9.17, 15) is 0 Å². The number of hydrogen-bond acceptors (Lipinski definition) is 0. The summed E-state index contributed by atoms with van der Waals surface area (Å²) in [5.74, 6) is 0. The summed E-state index contributed by atoms with van der Waals surface area (Å²) in [7, 11) is 28.4. The van der Waals surface area contributed by atoms with Gasteiger partial charge in [0.25, 0.3) is 0 Å². The molecular weight excluding hydrogens is 1270 g/mol. The molecule has 8 aliphatic heterocycles. The monoisotopic (exact) mass is 1370 g/mol. The Bertz CT molecular complexity index is 2040. The molecule has 8 aliphatic rings. The second-order valence-electron chi connectivity index (χ2n) is 26.0. The van der Waals surface area contributed by atoms with Gasteiger partial charge in [-0.1, -0.05) is 154 Å². The van der Waals surface area contributed by atoms with Crippen molar-refractivity contribution >= 4 is 92.0 Å². The Morgan fingerprint density at radius 1 is 0.362 bits per heavy atom. The maximum atomic E-state index is 4.93. The van der Waals surface area contributed by atoms with Gasteiger partial charge in [0.2, 0.25) is 0 Å². The van der Waals surface area contributed by atoms with Crippen molar-refractivity contribution < 1.29 is 41.7 Å². The number of ether oxygens (including phenoxy) is 4. The zero-order chi connectivity index (χ0) is 58.7. The van der Waals surface area contributed by atoms with Crippen molar-refractivity contribution in [3.8, 4) is 0 Å². The molecule has 4 N–H and O–H groups in total. The van der Waals surface area contributed by atoms with Crippen molar-refractivity contribution in [2.24, 2.45) is 0 Å². The summed E-state index contributed by atoms with van der Waals surface area (Å²) < 4.78 is 16.3. The van der Waals surface area contributed by atoms with Gasteiger partial charge in [0.05, 0.1) is 22.6 Å². The van der Waals surface area contributed by atoms with Gasteiger partial charge in [0, 0.05) is 89.7 Å². The summed E-state index contributed by atoms with van der Waals surface area (Å²) in [6.07, 6.45) is 16.0. The number of hydrogen-bond donors (Lipinski definition) is 0. The Kier molecular flexibility index (Phi) is 31.9. The van der Waals surface area contributed by atoms with Gasteiger partial charge < -0.3 is 18.9 Å². The van der Waals surface area contributed by atoms with Crippen LogP contribution in [-0.2, 0) is 47.4 Å². The van der Waals surface area contributed by atoms with Gasteiger partial charge in [-0.15, -0.1) is 0 Å². The van der Waals surface area contributed by atoms with Crippen LogP contribution >= 0.6 is 92.0 Å². The molecule has 8 heterocycles. The molecular formula is C64H102Cl6Cr2O4P4+6. The zero-order valence-electron chi connectivity index (χ0n) is 50.5. The van der Waals surface area contributed by atoms with E-state index in [2.05, 4.69) is 199 Å². The summed E-state index contributed by atoms with van der Waals surface area (Å²) in [5, 5.41) is 1.68. The van der Waals surface area contributed by atoms with Crippen LogP contribution in [0, 0.1) is 0 Å². The summed E-state index contributed by atoms with van der Waals surface area (Å²) >= 11 is -3.25. The molecule has 0 aromatic heterocycles. The molecule has 0 saturated carbocycles. The van der Waals surface area contributed by atoms with Crippen LogP contribution in [0.25, 0.3) is 0 Å². The van der Waals surface area contributed by atoms with E-state index in [1.165, 1.54) is 76.0 Å². The van der Waals surface area contributed by atoms with Crippen molar-refractivity contribution in [2.75, 3.05) is 52.9 Å². The van der Waals surface area contributed by atoms with Crippen LogP contribution in [0.1, 0.15) is 202 Å². The van der Waals surface area contributed by atoms with Gasteiger partial charge in [0.15, 0.2) is 0 Å². The predicted molar refractivity (Wildman–Crippen MR) is 361 cm³/mol. The first kappa shape index (κ1) is 72.0. The van der Waals surface area contributed by atoms with Crippen molar-refractivity contribution in [2.45, 2.75) is 202 Å². The Morgan fingerprint density at radius 2 is 0.588 bits per heavy atom. The Morgan fingerprint density at radius 3 is 0.800 bits per heavy atom. The molecule has 0 radical (unpaired) electrons. The zero-order valence-corrected chi connectivity index (χ0v) is 61.3. The molecule has 4 aromatic rings. The Hall–Kier alpha value is 1.24. The van der Waals surface area contributed by atoms with Crippen LogP contribution in [0.2, 0.25) is 0 Å². The maximum absolute atomic E-state index is 4.93. The van der Waals surface area contributed by atoms with Crippen LogP contribution < -0.4 is 0 Å². The molecule has 4 aromatic carbocycles. The first-order chi connectivity index (χ1) is 37.8. The van der Waals surface area contributed by atoms with Gasteiger partial charge in [-0.3, -0.25) is 0 Å². The van der Waals surface area contributed by atoms with Crippen LogP contribution in [0.15, 0.2) is 97.1 Å². The Labute approximate surface area is 525 Å². The molecule has 0 spiro atoms. The molecule has 16 heteroatoms. The quantitative estimate of drug-likeness (QED) is 0.142. The van der Waals surface area contributed by atoms with Crippen molar-refractivity contribution in [3.63, 3.8) is 0 Å². The van der Waals surface area contributed by atoms with E-state index >= 15 is 0 Å². The average Bonchev–Trinajstić information content (AvgIpc) is 4.27. The van der Waals surface area contributed by atoms with Crippen LogP contribution in [0.5, 0.6) is 0 Å². The molecule has 0 bridgehead atoms. The second kappa shape index (κ2) is 35.4. The van der Waals surface area contributed by atoms with Crippen LogP contribution in [0.4, 0.5) is 0 Å². The number of benzene rings is 4. The molecule has 0 aliphatic carbocycles. The fourth-order valence-electron chi connectivity index (χ4n) is 12.3. The van der Waals surface area contributed by atoms with E-state index in [4.69, 9.17) is 60.3 Å². The second-order valence-corrected chi connectivity index (χ2v) is 52.0. The van der Waals surface area contributed by atoms with Gasteiger partial charge in [-0.2, -0.15) is 0 Å². The molecule has 450 valence electrons. The normalized spacial score (nSPS) is 25.1.